The van der Waals surface area contributed by atoms with E-state index in [-0.39, 0.29) is 6.10 Å². The summed E-state index contributed by atoms with van der Waals surface area (Å²) >= 11 is 0. The second-order valence-corrected chi connectivity index (χ2v) is 4.40. The van der Waals surface area contributed by atoms with Gasteiger partial charge in [-0.2, -0.15) is 0 Å². The van der Waals surface area contributed by atoms with E-state index in [2.05, 4.69) is 24.8 Å². The lowest BCUT2D eigenvalue weighted by Gasteiger charge is -2.31. The van der Waals surface area contributed by atoms with E-state index >= 15 is 0 Å². The molecular formula is C13H15N5O. The van der Waals surface area contributed by atoms with Crippen molar-refractivity contribution in [3.05, 3.63) is 48.6 Å². The highest BCUT2D eigenvalue weighted by molar-refractivity contribution is 5.08. The Morgan fingerprint density at radius 2 is 2.11 bits per heavy atom. The number of hydrogen-bond acceptors (Lipinski definition) is 6. The molecule has 1 aliphatic rings. The summed E-state index contributed by atoms with van der Waals surface area (Å²) in [6.45, 7) is 3.11. The lowest BCUT2D eigenvalue weighted by Crippen LogP contribution is -2.38. The Kier molecular flexibility index (Phi) is 3.71. The van der Waals surface area contributed by atoms with E-state index in [9.17, 15) is 0 Å². The molecular weight excluding hydrogens is 242 g/mol. The van der Waals surface area contributed by atoms with E-state index in [1.807, 2.05) is 18.2 Å². The molecule has 6 nitrogen and oxygen atoms in total. The fraction of sp³-hybridized carbons (Fsp3) is 0.385. The highest BCUT2D eigenvalue weighted by atomic mass is 16.5. The predicted octanol–water partition coefficient (Wildman–Crippen LogP) is 0.840. The normalized spacial score (nSPS) is 20.3. The van der Waals surface area contributed by atoms with Crippen molar-refractivity contribution in [1.82, 2.24) is 24.8 Å². The summed E-state index contributed by atoms with van der Waals surface area (Å²) in [6, 6.07) is 5.89. The fourth-order valence-electron chi connectivity index (χ4n) is 2.14. The van der Waals surface area contributed by atoms with Gasteiger partial charge in [-0.15, -0.1) is 0 Å². The molecule has 19 heavy (non-hydrogen) atoms. The Labute approximate surface area is 111 Å². The molecule has 2 aromatic heterocycles. The van der Waals surface area contributed by atoms with Gasteiger partial charge in [-0.25, -0.2) is 15.0 Å². The van der Waals surface area contributed by atoms with Crippen LogP contribution in [0.3, 0.4) is 0 Å². The minimum Gasteiger partial charge on any atom is -0.369 e. The zero-order valence-corrected chi connectivity index (χ0v) is 10.5. The summed E-state index contributed by atoms with van der Waals surface area (Å²) in [5.41, 5.74) is 0.975. The van der Waals surface area contributed by atoms with E-state index < -0.39 is 0 Å². The molecule has 0 aliphatic carbocycles. The lowest BCUT2D eigenvalue weighted by molar-refractivity contribution is -0.0357. The molecule has 0 N–H and O–H groups in total. The predicted molar refractivity (Wildman–Crippen MR) is 68.0 cm³/mol. The van der Waals surface area contributed by atoms with Gasteiger partial charge in [0.15, 0.2) is 0 Å². The Morgan fingerprint density at radius 1 is 1.21 bits per heavy atom. The molecule has 98 valence electrons. The molecule has 2 aromatic rings. The van der Waals surface area contributed by atoms with Gasteiger partial charge < -0.3 is 4.74 Å². The van der Waals surface area contributed by atoms with Crippen molar-refractivity contribution in [2.45, 2.75) is 12.6 Å². The Morgan fingerprint density at radius 3 is 2.89 bits per heavy atom. The van der Waals surface area contributed by atoms with Crippen molar-refractivity contribution in [3.63, 3.8) is 0 Å². The van der Waals surface area contributed by atoms with E-state index in [1.54, 1.807) is 6.20 Å². The number of ether oxygens (including phenoxy) is 1. The third-order valence-electron chi connectivity index (χ3n) is 3.08. The maximum Gasteiger partial charge on any atom is 0.145 e. The molecule has 0 spiro atoms. The number of morpholine rings is 1. The first-order chi connectivity index (χ1) is 9.42. The molecule has 1 fully saturated rings. The molecule has 1 atom stereocenters. The largest absolute Gasteiger partial charge is 0.369 e. The first-order valence-electron chi connectivity index (χ1n) is 6.27. The number of rotatable bonds is 3. The van der Waals surface area contributed by atoms with Crippen LogP contribution >= 0.6 is 0 Å². The smallest absolute Gasteiger partial charge is 0.145 e. The van der Waals surface area contributed by atoms with Gasteiger partial charge in [-0.05, 0) is 12.1 Å². The van der Waals surface area contributed by atoms with Crippen LogP contribution in [0.5, 0.6) is 0 Å². The summed E-state index contributed by atoms with van der Waals surface area (Å²) in [7, 11) is 0. The monoisotopic (exact) mass is 257 g/mol. The average molecular weight is 257 g/mol. The van der Waals surface area contributed by atoms with Gasteiger partial charge in [0.1, 0.15) is 24.6 Å². The van der Waals surface area contributed by atoms with Crippen molar-refractivity contribution < 1.29 is 4.74 Å². The van der Waals surface area contributed by atoms with Crippen LogP contribution in [0, 0.1) is 0 Å². The zero-order chi connectivity index (χ0) is 12.9. The highest BCUT2D eigenvalue weighted by Crippen LogP contribution is 2.20. The summed E-state index contributed by atoms with van der Waals surface area (Å²) in [6.07, 6.45) is 4.87. The van der Waals surface area contributed by atoms with Crippen LogP contribution in [0.4, 0.5) is 0 Å². The van der Waals surface area contributed by atoms with Crippen LogP contribution < -0.4 is 0 Å². The van der Waals surface area contributed by atoms with Crippen LogP contribution in [0.2, 0.25) is 0 Å². The zero-order valence-electron chi connectivity index (χ0n) is 10.5. The van der Waals surface area contributed by atoms with Crippen molar-refractivity contribution in [2.75, 3.05) is 19.7 Å². The van der Waals surface area contributed by atoms with Gasteiger partial charge >= 0.3 is 0 Å². The molecule has 1 unspecified atom stereocenters. The molecule has 0 radical (unpaired) electrons. The van der Waals surface area contributed by atoms with Gasteiger partial charge in [-0.3, -0.25) is 9.88 Å². The first kappa shape index (κ1) is 12.1. The molecule has 0 aromatic carbocycles. The third-order valence-corrected chi connectivity index (χ3v) is 3.08. The Hall–Kier alpha value is -1.92. The second kappa shape index (κ2) is 5.81. The molecule has 1 saturated heterocycles. The maximum atomic E-state index is 5.77. The molecule has 6 heteroatoms. The number of aromatic nitrogens is 4. The molecule has 1 aliphatic heterocycles. The molecule has 3 rings (SSSR count). The maximum absolute atomic E-state index is 5.77. The van der Waals surface area contributed by atoms with Crippen molar-refractivity contribution in [2.24, 2.45) is 0 Å². The standard InChI is InChI=1S/C13H15N5O/c1-2-4-15-11(3-1)12-7-18(5-6-19-12)8-13-16-9-14-10-17-13/h1-4,9-10,12H,5-8H2. The summed E-state index contributed by atoms with van der Waals surface area (Å²) < 4.78 is 5.77. The minimum atomic E-state index is 0.0248. The van der Waals surface area contributed by atoms with Gasteiger partial charge in [0, 0.05) is 19.3 Å². The minimum absolute atomic E-state index is 0.0248. The third kappa shape index (κ3) is 3.10. The number of pyridine rings is 1. The van der Waals surface area contributed by atoms with Crippen molar-refractivity contribution in [3.8, 4) is 0 Å². The summed E-state index contributed by atoms with van der Waals surface area (Å²) in [4.78, 5) is 18.8. The average Bonchev–Trinajstić information content (AvgIpc) is 2.49. The van der Waals surface area contributed by atoms with Gasteiger partial charge in [0.2, 0.25) is 0 Å². The van der Waals surface area contributed by atoms with Crippen molar-refractivity contribution >= 4 is 0 Å². The van der Waals surface area contributed by atoms with Crippen molar-refractivity contribution in [1.29, 1.82) is 0 Å². The van der Waals surface area contributed by atoms with Crippen LogP contribution in [0.1, 0.15) is 17.6 Å². The van der Waals surface area contributed by atoms with Gasteiger partial charge in [0.25, 0.3) is 0 Å². The first-order valence-corrected chi connectivity index (χ1v) is 6.27. The van der Waals surface area contributed by atoms with Crippen LogP contribution in [0.25, 0.3) is 0 Å². The number of hydrogen-bond donors (Lipinski definition) is 0. The van der Waals surface area contributed by atoms with Gasteiger partial charge in [0.05, 0.1) is 18.8 Å². The van der Waals surface area contributed by atoms with E-state index in [1.165, 1.54) is 12.7 Å². The van der Waals surface area contributed by atoms with Crippen LogP contribution in [0.15, 0.2) is 37.1 Å². The van der Waals surface area contributed by atoms with E-state index in [0.717, 1.165) is 31.2 Å². The fourth-order valence-corrected chi connectivity index (χ4v) is 2.14. The molecule has 3 heterocycles. The summed E-state index contributed by atoms with van der Waals surface area (Å²) in [5, 5.41) is 0. The lowest BCUT2D eigenvalue weighted by atomic mass is 10.2. The molecule has 0 amide bonds. The topological polar surface area (TPSA) is 64.0 Å². The molecule has 0 bridgehead atoms. The van der Waals surface area contributed by atoms with Gasteiger partial charge in [-0.1, -0.05) is 6.07 Å². The van der Waals surface area contributed by atoms with Crippen LogP contribution in [-0.2, 0) is 11.3 Å². The SMILES string of the molecule is c1ccc(C2CN(Cc3ncncn3)CCO2)nc1. The van der Waals surface area contributed by atoms with E-state index in [0.29, 0.717) is 6.61 Å². The summed E-state index contributed by atoms with van der Waals surface area (Å²) in [5.74, 6) is 0.789. The molecule has 0 saturated carbocycles. The highest BCUT2D eigenvalue weighted by Gasteiger charge is 2.23. The number of nitrogens with zero attached hydrogens (tertiary/aromatic N) is 5. The Balaban J connectivity index is 1.65. The van der Waals surface area contributed by atoms with E-state index in [4.69, 9.17) is 4.74 Å². The quantitative estimate of drug-likeness (QED) is 0.812. The van der Waals surface area contributed by atoms with Crippen LogP contribution in [-0.4, -0.2) is 44.5 Å². The second-order valence-electron chi connectivity index (χ2n) is 4.40. The Bertz CT molecular complexity index is 507.